The lowest BCUT2D eigenvalue weighted by Gasteiger charge is -2.04. The van der Waals surface area contributed by atoms with E-state index < -0.39 is 0 Å². The van der Waals surface area contributed by atoms with Crippen LogP contribution in [0, 0.1) is 0 Å². The number of amides is 2. The molecule has 0 aliphatic heterocycles. The Hall–Kier alpha value is -2.87. The van der Waals surface area contributed by atoms with Gasteiger partial charge in [0.1, 0.15) is 0 Å². The van der Waals surface area contributed by atoms with Crippen LogP contribution >= 0.6 is 34.7 Å². The molecule has 4 rings (SSSR count). The minimum atomic E-state index is -0.159. The quantitative estimate of drug-likeness (QED) is 0.355. The highest BCUT2D eigenvalue weighted by molar-refractivity contribution is 8.01. The number of fused-ring (bicyclic) bond motifs is 1. The molecule has 0 saturated carbocycles. The van der Waals surface area contributed by atoms with Gasteiger partial charge in [-0.15, -0.1) is 11.3 Å². The number of hydrogen-bond donors (Lipinski definition) is 2. The molecule has 0 aliphatic carbocycles. The molecule has 2 N–H and O–H groups in total. The van der Waals surface area contributed by atoms with Gasteiger partial charge in [0.25, 0.3) is 5.91 Å². The zero-order valence-electron chi connectivity index (χ0n) is 15.6. The zero-order chi connectivity index (χ0) is 20.9. The number of nitrogens with one attached hydrogen (secondary N) is 2. The molecule has 0 spiro atoms. The summed E-state index contributed by atoms with van der Waals surface area (Å²) in [4.78, 5) is 29.0. The van der Waals surface area contributed by atoms with E-state index in [1.807, 2.05) is 36.4 Å². The molecular weight excluding hydrogens is 438 g/mol. The number of aromatic nitrogens is 1. The summed E-state index contributed by atoms with van der Waals surface area (Å²) in [5.41, 5.74) is 2.84. The van der Waals surface area contributed by atoms with Gasteiger partial charge in [-0.3, -0.25) is 9.59 Å². The number of nitrogens with zero attached hydrogens (tertiary/aromatic N) is 1. The van der Waals surface area contributed by atoms with Gasteiger partial charge in [0.2, 0.25) is 5.91 Å². The summed E-state index contributed by atoms with van der Waals surface area (Å²) in [5.74, 6) is -0.0228. The second-order valence-corrected chi connectivity index (χ2v) is 9.02. The monoisotopic (exact) mass is 453 g/mol. The Bertz CT molecular complexity index is 1190. The number of rotatable bonds is 6. The average Bonchev–Trinajstić information content (AvgIpc) is 3.17. The van der Waals surface area contributed by atoms with Crippen LogP contribution in [0.1, 0.15) is 10.4 Å². The molecule has 30 heavy (non-hydrogen) atoms. The molecule has 0 atom stereocenters. The number of thiazole rings is 1. The van der Waals surface area contributed by atoms with Crippen molar-refractivity contribution in [2.24, 2.45) is 0 Å². The lowest BCUT2D eigenvalue weighted by Crippen LogP contribution is -2.13. The normalized spacial score (nSPS) is 10.7. The molecule has 3 aromatic carbocycles. The van der Waals surface area contributed by atoms with Gasteiger partial charge in [-0.2, -0.15) is 0 Å². The van der Waals surface area contributed by atoms with E-state index in [-0.39, 0.29) is 17.6 Å². The second kappa shape index (κ2) is 9.30. The van der Waals surface area contributed by atoms with Gasteiger partial charge < -0.3 is 10.6 Å². The molecule has 0 fully saturated rings. The van der Waals surface area contributed by atoms with Crippen LogP contribution in [0.3, 0.4) is 0 Å². The molecule has 1 heterocycles. The fraction of sp³-hybridized carbons (Fsp3) is 0.0455. The smallest absolute Gasteiger partial charge is 0.255 e. The van der Waals surface area contributed by atoms with Crippen LogP contribution < -0.4 is 10.6 Å². The predicted octanol–water partition coefficient (Wildman–Crippen LogP) is 5.93. The summed E-state index contributed by atoms with van der Waals surface area (Å²) in [7, 11) is 0. The third-order valence-electron chi connectivity index (χ3n) is 4.12. The van der Waals surface area contributed by atoms with Gasteiger partial charge in [0.15, 0.2) is 4.34 Å². The van der Waals surface area contributed by atoms with Gasteiger partial charge in [-0.25, -0.2) is 4.98 Å². The largest absolute Gasteiger partial charge is 0.325 e. The standard InChI is InChI=1S/C22H16ClN3O2S2/c23-15-6-8-16(9-7-15)24-20(27)13-29-22-26-18-11-10-17(12-19(18)30-22)25-21(28)14-4-2-1-3-5-14/h1-12H,13H2,(H,24,27)(H,25,28). The number of anilines is 2. The van der Waals surface area contributed by atoms with E-state index in [0.717, 1.165) is 14.6 Å². The van der Waals surface area contributed by atoms with Gasteiger partial charge in [-0.1, -0.05) is 41.6 Å². The molecule has 0 bridgehead atoms. The van der Waals surface area contributed by atoms with Gasteiger partial charge >= 0.3 is 0 Å². The summed E-state index contributed by atoms with van der Waals surface area (Å²) in [5, 5.41) is 6.35. The highest BCUT2D eigenvalue weighted by atomic mass is 35.5. The van der Waals surface area contributed by atoms with Crippen LogP contribution in [0.2, 0.25) is 5.02 Å². The second-order valence-electron chi connectivity index (χ2n) is 6.33. The molecule has 150 valence electrons. The zero-order valence-corrected chi connectivity index (χ0v) is 18.0. The fourth-order valence-electron chi connectivity index (χ4n) is 2.69. The van der Waals surface area contributed by atoms with Gasteiger partial charge in [0.05, 0.1) is 16.0 Å². The molecule has 2 amide bonds. The summed E-state index contributed by atoms with van der Waals surface area (Å²) in [6.07, 6.45) is 0. The first-order valence-corrected chi connectivity index (χ1v) is 11.2. The van der Waals surface area contributed by atoms with E-state index in [1.165, 1.54) is 23.1 Å². The molecular formula is C22H16ClN3O2S2. The third kappa shape index (κ3) is 5.18. The Balaban J connectivity index is 1.38. The Labute approximate surface area is 186 Å². The molecule has 0 unspecified atom stereocenters. The first kappa shape index (κ1) is 20.4. The SMILES string of the molecule is O=C(CSc1nc2ccc(NC(=O)c3ccccc3)cc2s1)Nc1ccc(Cl)cc1. The Morgan fingerprint density at radius 1 is 0.933 bits per heavy atom. The van der Waals surface area contributed by atoms with Crippen molar-refractivity contribution in [1.82, 2.24) is 4.98 Å². The maximum Gasteiger partial charge on any atom is 0.255 e. The number of carbonyl (C=O) groups is 2. The number of carbonyl (C=O) groups excluding carboxylic acids is 2. The van der Waals surface area contributed by atoms with Crippen molar-refractivity contribution < 1.29 is 9.59 Å². The fourth-order valence-corrected chi connectivity index (χ4v) is 4.73. The molecule has 5 nitrogen and oxygen atoms in total. The minimum absolute atomic E-state index is 0.114. The van der Waals surface area contributed by atoms with Crippen molar-refractivity contribution in [2.75, 3.05) is 16.4 Å². The molecule has 1 aromatic heterocycles. The van der Waals surface area contributed by atoms with Crippen LogP contribution in [-0.2, 0) is 4.79 Å². The summed E-state index contributed by atoms with van der Waals surface area (Å²) >= 11 is 8.71. The number of halogens is 1. The first-order chi connectivity index (χ1) is 14.6. The van der Waals surface area contributed by atoms with Crippen molar-refractivity contribution in [1.29, 1.82) is 0 Å². The molecule has 4 aromatic rings. The van der Waals surface area contributed by atoms with Crippen molar-refractivity contribution in [3.05, 3.63) is 83.4 Å². The van der Waals surface area contributed by atoms with Gasteiger partial charge in [-0.05, 0) is 54.6 Å². The number of hydrogen-bond acceptors (Lipinski definition) is 5. The minimum Gasteiger partial charge on any atom is -0.325 e. The van der Waals surface area contributed by atoms with E-state index in [0.29, 0.717) is 22.0 Å². The number of thioether (sulfide) groups is 1. The lowest BCUT2D eigenvalue weighted by molar-refractivity contribution is -0.113. The van der Waals surface area contributed by atoms with E-state index >= 15 is 0 Å². The predicted molar refractivity (Wildman–Crippen MR) is 125 cm³/mol. The van der Waals surface area contributed by atoms with Crippen molar-refractivity contribution in [3.63, 3.8) is 0 Å². The average molecular weight is 454 g/mol. The van der Waals surface area contributed by atoms with Crippen molar-refractivity contribution in [3.8, 4) is 0 Å². The van der Waals surface area contributed by atoms with Crippen molar-refractivity contribution in [2.45, 2.75) is 4.34 Å². The lowest BCUT2D eigenvalue weighted by atomic mass is 10.2. The highest BCUT2D eigenvalue weighted by Gasteiger charge is 2.10. The Kier molecular flexibility index (Phi) is 6.32. The van der Waals surface area contributed by atoms with E-state index in [2.05, 4.69) is 15.6 Å². The first-order valence-electron chi connectivity index (χ1n) is 9.02. The Morgan fingerprint density at radius 3 is 2.43 bits per heavy atom. The maximum absolute atomic E-state index is 12.3. The molecule has 0 saturated heterocycles. The van der Waals surface area contributed by atoms with E-state index in [1.54, 1.807) is 36.4 Å². The van der Waals surface area contributed by atoms with Crippen LogP contribution in [-0.4, -0.2) is 22.6 Å². The highest BCUT2D eigenvalue weighted by Crippen LogP contribution is 2.31. The van der Waals surface area contributed by atoms with Crippen LogP contribution in [0.4, 0.5) is 11.4 Å². The number of benzene rings is 3. The third-order valence-corrected chi connectivity index (χ3v) is 6.53. The van der Waals surface area contributed by atoms with Crippen molar-refractivity contribution >= 4 is 68.1 Å². The van der Waals surface area contributed by atoms with E-state index in [9.17, 15) is 9.59 Å². The molecule has 0 aliphatic rings. The topological polar surface area (TPSA) is 71.1 Å². The molecule has 8 heteroatoms. The summed E-state index contributed by atoms with van der Waals surface area (Å²) in [6, 6.07) is 21.6. The van der Waals surface area contributed by atoms with E-state index in [4.69, 9.17) is 11.6 Å². The molecule has 0 radical (unpaired) electrons. The summed E-state index contributed by atoms with van der Waals surface area (Å²) in [6.45, 7) is 0. The maximum atomic E-state index is 12.3. The van der Waals surface area contributed by atoms with Crippen LogP contribution in [0.5, 0.6) is 0 Å². The van der Waals surface area contributed by atoms with Crippen LogP contribution in [0.25, 0.3) is 10.2 Å². The Morgan fingerprint density at radius 2 is 1.67 bits per heavy atom. The summed E-state index contributed by atoms with van der Waals surface area (Å²) < 4.78 is 1.74. The van der Waals surface area contributed by atoms with Gasteiger partial charge in [0, 0.05) is 22.0 Å². The van der Waals surface area contributed by atoms with Crippen LogP contribution in [0.15, 0.2) is 77.1 Å².